The number of hydroxylamine groups is 1. The first kappa shape index (κ1) is 29.3. The van der Waals surface area contributed by atoms with E-state index in [1.54, 1.807) is 36.8 Å². The molecule has 0 aromatic carbocycles. The molecule has 10 nitrogen and oxygen atoms in total. The number of nitrogens with zero attached hydrogens (tertiary/aromatic N) is 6. The third-order valence-corrected chi connectivity index (χ3v) is 8.27. The first-order chi connectivity index (χ1) is 19.1. The Morgan fingerprint density at radius 3 is 2.33 bits per heavy atom. The molecule has 1 saturated heterocycles. The van der Waals surface area contributed by atoms with Crippen LogP contribution in [-0.4, -0.2) is 75.8 Å². The summed E-state index contributed by atoms with van der Waals surface area (Å²) >= 11 is 0. The van der Waals surface area contributed by atoms with E-state index in [0.29, 0.717) is 49.6 Å². The van der Waals surface area contributed by atoms with Crippen LogP contribution in [0.1, 0.15) is 35.5 Å². The van der Waals surface area contributed by atoms with Crippen molar-refractivity contribution in [3.63, 3.8) is 0 Å². The number of alkyl halides is 3. The fourth-order valence-corrected chi connectivity index (χ4v) is 5.80. The third kappa shape index (κ3) is 8.18. The van der Waals surface area contributed by atoms with Gasteiger partial charge in [-0.15, -0.1) is 0 Å². The van der Waals surface area contributed by atoms with Crippen LogP contribution in [0.4, 0.5) is 19.0 Å². The van der Waals surface area contributed by atoms with Gasteiger partial charge in [-0.25, -0.2) is 33.8 Å². The Hall–Kier alpha value is -3.64. The summed E-state index contributed by atoms with van der Waals surface area (Å²) in [6.07, 6.45) is 2.79. The van der Waals surface area contributed by atoms with E-state index in [0.717, 1.165) is 12.3 Å². The van der Waals surface area contributed by atoms with Crippen molar-refractivity contribution >= 4 is 15.8 Å². The molecule has 3 aromatic rings. The molecule has 0 spiro atoms. The molecular formula is C26H28F3N7O3S. The first-order valence-electron chi connectivity index (χ1n) is 12.5. The zero-order valence-electron chi connectivity index (χ0n) is 21.4. The van der Waals surface area contributed by atoms with Gasteiger partial charge in [0.25, 0.3) is 0 Å². The molecule has 3 aromatic heterocycles. The average Bonchev–Trinajstić information content (AvgIpc) is 2.96. The minimum atomic E-state index is -4.45. The fourth-order valence-electron chi connectivity index (χ4n) is 4.12. The number of sulfonamides is 1. The summed E-state index contributed by atoms with van der Waals surface area (Å²) < 4.78 is 65.3. The SMILES string of the molecule is O=S(=O)(CC(CCCc1ncccn1)NO)N1CCN(c2ccc(C#Cc3ccc(C(F)(F)F)cn3)cn2)CC1. The van der Waals surface area contributed by atoms with E-state index < -0.39 is 27.8 Å². The molecule has 4 heterocycles. The van der Waals surface area contributed by atoms with Gasteiger partial charge in [-0.1, -0.05) is 5.92 Å². The number of halogens is 3. The molecule has 2 N–H and O–H groups in total. The van der Waals surface area contributed by atoms with Crippen LogP contribution in [-0.2, 0) is 22.6 Å². The summed E-state index contributed by atoms with van der Waals surface area (Å²) in [5.74, 6) is 6.65. The quantitative estimate of drug-likeness (QED) is 0.293. The topological polar surface area (TPSA) is 124 Å². The van der Waals surface area contributed by atoms with E-state index in [1.807, 2.05) is 4.90 Å². The Bertz CT molecular complexity index is 1400. The molecule has 212 valence electrons. The largest absolute Gasteiger partial charge is 0.417 e. The normalized spacial score (nSPS) is 15.3. The van der Waals surface area contributed by atoms with Crippen molar-refractivity contribution in [2.24, 2.45) is 0 Å². The van der Waals surface area contributed by atoms with Crippen LogP contribution < -0.4 is 10.4 Å². The highest BCUT2D eigenvalue weighted by atomic mass is 32.2. The van der Waals surface area contributed by atoms with Gasteiger partial charge in [-0.2, -0.15) is 17.5 Å². The van der Waals surface area contributed by atoms with Crippen molar-refractivity contribution in [3.8, 4) is 11.8 Å². The number of hydrogen-bond donors (Lipinski definition) is 2. The Balaban J connectivity index is 1.26. The second-order valence-corrected chi connectivity index (χ2v) is 11.1. The number of aryl methyl sites for hydroxylation is 1. The van der Waals surface area contributed by atoms with E-state index in [4.69, 9.17) is 0 Å². The zero-order valence-corrected chi connectivity index (χ0v) is 22.2. The first-order valence-corrected chi connectivity index (χ1v) is 14.1. The zero-order chi connectivity index (χ0) is 28.6. The van der Waals surface area contributed by atoms with E-state index in [1.165, 1.54) is 10.4 Å². The Morgan fingerprint density at radius 2 is 1.73 bits per heavy atom. The minimum absolute atomic E-state index is 0.207. The van der Waals surface area contributed by atoms with Gasteiger partial charge in [0.05, 0.1) is 11.3 Å². The van der Waals surface area contributed by atoms with E-state index in [-0.39, 0.29) is 24.5 Å². The molecular weight excluding hydrogens is 547 g/mol. The van der Waals surface area contributed by atoms with Gasteiger partial charge >= 0.3 is 6.18 Å². The average molecular weight is 576 g/mol. The number of hydrogen-bond acceptors (Lipinski definition) is 9. The van der Waals surface area contributed by atoms with Gasteiger partial charge in [0.1, 0.15) is 17.3 Å². The molecule has 0 radical (unpaired) electrons. The van der Waals surface area contributed by atoms with Crippen molar-refractivity contribution in [2.75, 3.05) is 36.8 Å². The number of aromatic nitrogens is 4. The summed E-state index contributed by atoms with van der Waals surface area (Å²) in [6, 6.07) is 6.75. The molecule has 1 atom stereocenters. The predicted octanol–water partition coefficient (Wildman–Crippen LogP) is 2.51. The highest BCUT2D eigenvalue weighted by molar-refractivity contribution is 7.89. The highest BCUT2D eigenvalue weighted by Gasteiger charge is 2.31. The smallest absolute Gasteiger partial charge is 0.354 e. The van der Waals surface area contributed by atoms with Crippen molar-refractivity contribution in [3.05, 3.63) is 77.8 Å². The van der Waals surface area contributed by atoms with Crippen LogP contribution >= 0.6 is 0 Å². The van der Waals surface area contributed by atoms with E-state index in [9.17, 15) is 26.8 Å². The molecule has 1 fully saturated rings. The molecule has 1 unspecified atom stereocenters. The lowest BCUT2D eigenvalue weighted by molar-refractivity contribution is -0.137. The minimum Gasteiger partial charge on any atom is -0.354 e. The summed E-state index contributed by atoms with van der Waals surface area (Å²) in [5, 5.41) is 9.51. The number of anilines is 1. The summed E-state index contributed by atoms with van der Waals surface area (Å²) in [4.78, 5) is 18.4. The second-order valence-electron chi connectivity index (χ2n) is 9.13. The van der Waals surface area contributed by atoms with Crippen LogP contribution in [0.15, 0.2) is 55.1 Å². The third-order valence-electron chi connectivity index (χ3n) is 6.30. The molecule has 0 amide bonds. The van der Waals surface area contributed by atoms with Crippen LogP contribution in [0.25, 0.3) is 0 Å². The van der Waals surface area contributed by atoms with Gasteiger partial charge in [-0.3, -0.25) is 0 Å². The molecule has 0 bridgehead atoms. The lowest BCUT2D eigenvalue weighted by Crippen LogP contribution is -2.51. The van der Waals surface area contributed by atoms with Crippen molar-refractivity contribution < 1.29 is 26.8 Å². The predicted molar refractivity (Wildman–Crippen MR) is 141 cm³/mol. The molecule has 14 heteroatoms. The standard InChI is InChI=1S/C26H28F3N7O3S/c27-26(28,29)21-7-9-22(32-18-21)8-5-20-6-10-25(33-17-20)35-13-15-36(16-14-35)40(38,39)19-23(34-37)3-1-4-24-30-11-2-12-31-24/h2,6-7,9-12,17-18,23,34,37H,1,3-4,13-16,19H2. The molecule has 0 aliphatic carbocycles. The number of piperazine rings is 1. The Labute approximate surface area is 230 Å². The Morgan fingerprint density at radius 1 is 0.975 bits per heavy atom. The molecule has 40 heavy (non-hydrogen) atoms. The van der Waals surface area contributed by atoms with Crippen molar-refractivity contribution in [2.45, 2.75) is 31.5 Å². The molecule has 1 aliphatic rings. The van der Waals surface area contributed by atoms with Gasteiger partial charge in [-0.05, 0) is 49.1 Å². The second kappa shape index (κ2) is 13.1. The number of pyridine rings is 2. The summed E-state index contributed by atoms with van der Waals surface area (Å²) in [6.45, 7) is 1.44. The lowest BCUT2D eigenvalue weighted by atomic mass is 10.1. The van der Waals surface area contributed by atoms with Crippen molar-refractivity contribution in [1.82, 2.24) is 29.7 Å². The van der Waals surface area contributed by atoms with Gasteiger partial charge < -0.3 is 10.1 Å². The monoisotopic (exact) mass is 575 g/mol. The van der Waals surface area contributed by atoms with Crippen LogP contribution in [0.3, 0.4) is 0 Å². The summed E-state index contributed by atoms with van der Waals surface area (Å²) in [5.41, 5.74) is 2.06. The molecule has 4 rings (SSSR count). The summed E-state index contributed by atoms with van der Waals surface area (Å²) in [7, 11) is -3.60. The van der Waals surface area contributed by atoms with E-state index in [2.05, 4.69) is 37.3 Å². The highest BCUT2D eigenvalue weighted by Crippen LogP contribution is 2.28. The van der Waals surface area contributed by atoms with Gasteiger partial charge in [0.15, 0.2) is 0 Å². The van der Waals surface area contributed by atoms with E-state index >= 15 is 0 Å². The van der Waals surface area contributed by atoms with Crippen molar-refractivity contribution in [1.29, 1.82) is 0 Å². The molecule has 1 aliphatic heterocycles. The maximum atomic E-state index is 13.0. The Kier molecular flexibility index (Phi) is 9.64. The number of rotatable bonds is 9. The van der Waals surface area contributed by atoms with Crippen LogP contribution in [0.2, 0.25) is 0 Å². The van der Waals surface area contributed by atoms with Crippen LogP contribution in [0.5, 0.6) is 0 Å². The maximum Gasteiger partial charge on any atom is 0.417 e. The molecule has 0 saturated carbocycles. The van der Waals surface area contributed by atoms with Gasteiger partial charge in [0.2, 0.25) is 10.0 Å². The van der Waals surface area contributed by atoms with Gasteiger partial charge in [0, 0.05) is 69.0 Å². The fraction of sp³-hybridized carbons (Fsp3) is 0.385. The maximum absolute atomic E-state index is 13.0. The number of nitrogens with one attached hydrogen (secondary N) is 1. The van der Waals surface area contributed by atoms with Crippen LogP contribution in [0, 0.1) is 11.8 Å². The lowest BCUT2D eigenvalue weighted by Gasteiger charge is -2.35.